The molecule has 1 aliphatic rings. The molecule has 0 fully saturated rings. The Kier molecular flexibility index (Phi) is 6.07. The van der Waals surface area contributed by atoms with E-state index in [0.29, 0.717) is 29.0 Å². The highest BCUT2D eigenvalue weighted by Gasteiger charge is 2.34. The lowest BCUT2D eigenvalue weighted by Gasteiger charge is -2.13. The summed E-state index contributed by atoms with van der Waals surface area (Å²) in [5, 5.41) is 2.69. The van der Waals surface area contributed by atoms with Crippen molar-refractivity contribution in [2.75, 3.05) is 18.5 Å². The van der Waals surface area contributed by atoms with Gasteiger partial charge in [-0.25, -0.2) is 4.79 Å². The van der Waals surface area contributed by atoms with Gasteiger partial charge in [0.1, 0.15) is 0 Å². The van der Waals surface area contributed by atoms with Gasteiger partial charge in [-0.05, 0) is 42.3 Å². The van der Waals surface area contributed by atoms with Gasteiger partial charge in [0.05, 0.1) is 23.3 Å². The van der Waals surface area contributed by atoms with E-state index in [2.05, 4.69) is 5.32 Å². The second-order valence-electron chi connectivity index (χ2n) is 7.18. The van der Waals surface area contributed by atoms with E-state index in [4.69, 9.17) is 4.74 Å². The number of anilines is 1. The van der Waals surface area contributed by atoms with Gasteiger partial charge in [0.2, 0.25) is 5.91 Å². The van der Waals surface area contributed by atoms with Crippen LogP contribution in [-0.2, 0) is 9.53 Å². The number of rotatable bonds is 7. The van der Waals surface area contributed by atoms with Crippen molar-refractivity contribution in [3.8, 4) is 0 Å². The van der Waals surface area contributed by atoms with Gasteiger partial charge in [-0.15, -0.1) is 0 Å². The highest BCUT2D eigenvalue weighted by molar-refractivity contribution is 6.21. The molecule has 0 radical (unpaired) electrons. The standard InChI is InChI=1S/C22H22N2O5/c1-14(2)13-29-22(28)15-7-9-16(10-8-15)23-19(25)11-12-24-20(26)17-5-3-4-6-18(17)21(24)27/h3-10,14H,11-13H2,1-2H3,(H,23,25). The molecule has 7 heteroatoms. The van der Waals surface area contributed by atoms with Crippen LogP contribution in [0.1, 0.15) is 51.3 Å². The van der Waals surface area contributed by atoms with Gasteiger partial charge in [0, 0.05) is 18.7 Å². The first-order chi connectivity index (χ1) is 13.9. The zero-order valence-electron chi connectivity index (χ0n) is 16.3. The van der Waals surface area contributed by atoms with E-state index in [1.165, 1.54) is 0 Å². The first-order valence-corrected chi connectivity index (χ1v) is 9.39. The molecule has 2 aromatic rings. The minimum Gasteiger partial charge on any atom is -0.462 e. The van der Waals surface area contributed by atoms with Crippen LogP contribution < -0.4 is 5.32 Å². The number of fused-ring (bicyclic) bond motifs is 1. The van der Waals surface area contributed by atoms with Gasteiger partial charge in [-0.3, -0.25) is 19.3 Å². The minimum absolute atomic E-state index is 0.00219. The fourth-order valence-corrected chi connectivity index (χ4v) is 2.89. The lowest BCUT2D eigenvalue weighted by atomic mass is 10.1. The number of nitrogens with zero attached hydrogens (tertiary/aromatic N) is 1. The molecule has 3 amide bonds. The molecular weight excluding hydrogens is 372 g/mol. The number of carbonyl (C=O) groups is 4. The van der Waals surface area contributed by atoms with Crippen molar-refractivity contribution >= 4 is 29.4 Å². The topological polar surface area (TPSA) is 92.8 Å². The molecule has 1 heterocycles. The first-order valence-electron chi connectivity index (χ1n) is 9.39. The molecule has 0 aromatic heterocycles. The average Bonchev–Trinajstić information content (AvgIpc) is 2.95. The lowest BCUT2D eigenvalue weighted by molar-refractivity contribution is -0.116. The summed E-state index contributed by atoms with van der Waals surface area (Å²) in [6.07, 6.45) is -0.0242. The van der Waals surface area contributed by atoms with Crippen LogP contribution in [0.25, 0.3) is 0 Å². The summed E-state index contributed by atoms with van der Waals surface area (Å²) in [6.45, 7) is 4.24. The van der Waals surface area contributed by atoms with Gasteiger partial charge in [0.25, 0.3) is 11.8 Å². The van der Waals surface area contributed by atoms with Gasteiger partial charge in [-0.2, -0.15) is 0 Å². The van der Waals surface area contributed by atoms with Crippen molar-refractivity contribution in [3.05, 3.63) is 65.2 Å². The predicted octanol–water partition coefficient (Wildman–Crippen LogP) is 3.12. The zero-order valence-corrected chi connectivity index (χ0v) is 16.3. The molecule has 3 rings (SSSR count). The maximum absolute atomic E-state index is 12.3. The smallest absolute Gasteiger partial charge is 0.338 e. The Bertz CT molecular complexity index is 915. The van der Waals surface area contributed by atoms with Crippen LogP contribution in [0.4, 0.5) is 5.69 Å². The summed E-state index contributed by atoms with van der Waals surface area (Å²) in [7, 11) is 0. The third-order valence-corrected chi connectivity index (χ3v) is 4.39. The lowest BCUT2D eigenvalue weighted by Crippen LogP contribution is -2.32. The second kappa shape index (κ2) is 8.68. The van der Waals surface area contributed by atoms with E-state index in [1.807, 2.05) is 13.8 Å². The molecule has 0 unspecified atom stereocenters. The molecule has 2 aromatic carbocycles. The molecule has 1 aliphatic heterocycles. The Morgan fingerprint density at radius 1 is 0.966 bits per heavy atom. The maximum Gasteiger partial charge on any atom is 0.338 e. The van der Waals surface area contributed by atoms with E-state index < -0.39 is 5.97 Å². The summed E-state index contributed by atoms with van der Waals surface area (Å²) >= 11 is 0. The Morgan fingerprint density at radius 3 is 2.10 bits per heavy atom. The summed E-state index contributed by atoms with van der Waals surface area (Å²) in [5.74, 6) is -1.27. The first kappa shape index (κ1) is 20.3. The molecule has 0 saturated carbocycles. The number of ether oxygens (including phenoxy) is 1. The normalized spacial score (nSPS) is 12.9. The zero-order chi connectivity index (χ0) is 21.0. The van der Waals surface area contributed by atoms with Crippen LogP contribution in [0.2, 0.25) is 0 Å². The van der Waals surface area contributed by atoms with Crippen LogP contribution in [-0.4, -0.2) is 41.7 Å². The van der Waals surface area contributed by atoms with Crippen molar-refractivity contribution in [2.24, 2.45) is 5.92 Å². The number of nitrogens with one attached hydrogen (secondary N) is 1. The van der Waals surface area contributed by atoms with Crippen LogP contribution in [0.3, 0.4) is 0 Å². The Labute approximate surface area is 168 Å². The maximum atomic E-state index is 12.3. The van der Waals surface area contributed by atoms with Crippen molar-refractivity contribution in [1.82, 2.24) is 4.90 Å². The van der Waals surface area contributed by atoms with Gasteiger partial charge in [-0.1, -0.05) is 26.0 Å². The molecule has 0 atom stereocenters. The quantitative estimate of drug-likeness (QED) is 0.575. The third kappa shape index (κ3) is 4.68. The highest BCUT2D eigenvalue weighted by Crippen LogP contribution is 2.22. The molecule has 1 N–H and O–H groups in total. The van der Waals surface area contributed by atoms with Gasteiger partial charge in [0.15, 0.2) is 0 Å². The van der Waals surface area contributed by atoms with Gasteiger partial charge >= 0.3 is 5.97 Å². The van der Waals surface area contributed by atoms with E-state index in [1.54, 1.807) is 48.5 Å². The van der Waals surface area contributed by atoms with E-state index in [0.717, 1.165) is 4.90 Å². The van der Waals surface area contributed by atoms with E-state index >= 15 is 0 Å². The van der Waals surface area contributed by atoms with Crippen LogP contribution in [0.5, 0.6) is 0 Å². The highest BCUT2D eigenvalue weighted by atomic mass is 16.5. The monoisotopic (exact) mass is 394 g/mol. The van der Waals surface area contributed by atoms with Crippen molar-refractivity contribution in [2.45, 2.75) is 20.3 Å². The summed E-state index contributed by atoms with van der Waals surface area (Å²) in [6, 6.07) is 12.9. The number of carbonyl (C=O) groups excluding carboxylic acids is 4. The fraction of sp³-hybridized carbons (Fsp3) is 0.273. The van der Waals surface area contributed by atoms with Crippen LogP contribution in [0.15, 0.2) is 48.5 Å². The predicted molar refractivity (Wildman–Crippen MR) is 107 cm³/mol. The molecule has 0 saturated heterocycles. The summed E-state index contributed by atoms with van der Waals surface area (Å²) in [5.41, 5.74) is 1.63. The molecular formula is C22H22N2O5. The summed E-state index contributed by atoms with van der Waals surface area (Å²) in [4.78, 5) is 49.8. The van der Waals surface area contributed by atoms with Crippen molar-refractivity contribution in [1.29, 1.82) is 0 Å². The van der Waals surface area contributed by atoms with Crippen molar-refractivity contribution < 1.29 is 23.9 Å². The number of esters is 1. The van der Waals surface area contributed by atoms with Crippen LogP contribution in [0, 0.1) is 5.92 Å². The Hall–Kier alpha value is -3.48. The molecule has 150 valence electrons. The number of benzene rings is 2. The molecule has 29 heavy (non-hydrogen) atoms. The third-order valence-electron chi connectivity index (χ3n) is 4.39. The number of hydrogen-bond acceptors (Lipinski definition) is 5. The number of imide groups is 1. The average molecular weight is 394 g/mol. The summed E-state index contributed by atoms with van der Waals surface area (Å²) < 4.78 is 5.16. The molecule has 0 aliphatic carbocycles. The Morgan fingerprint density at radius 2 is 1.55 bits per heavy atom. The van der Waals surface area contributed by atoms with E-state index in [-0.39, 0.29) is 36.6 Å². The van der Waals surface area contributed by atoms with Gasteiger partial charge < -0.3 is 10.1 Å². The Balaban J connectivity index is 1.52. The largest absolute Gasteiger partial charge is 0.462 e. The molecule has 0 bridgehead atoms. The minimum atomic E-state index is -0.415. The SMILES string of the molecule is CC(C)COC(=O)c1ccc(NC(=O)CCN2C(=O)c3ccccc3C2=O)cc1. The number of hydrogen-bond donors (Lipinski definition) is 1. The van der Waals surface area contributed by atoms with Crippen molar-refractivity contribution in [3.63, 3.8) is 0 Å². The molecule has 7 nitrogen and oxygen atoms in total. The fourth-order valence-electron chi connectivity index (χ4n) is 2.89. The van der Waals surface area contributed by atoms with Crippen LogP contribution >= 0.6 is 0 Å². The number of amides is 3. The second-order valence-corrected chi connectivity index (χ2v) is 7.18. The molecule has 0 spiro atoms. The van der Waals surface area contributed by atoms with E-state index in [9.17, 15) is 19.2 Å².